The molecular formula is C17H22Cl2FN7O. The van der Waals surface area contributed by atoms with Crippen LogP contribution in [0, 0.1) is 12.7 Å². The Hall–Kier alpha value is -2.23. The number of piperidine rings is 1. The van der Waals surface area contributed by atoms with Gasteiger partial charge in [0.25, 0.3) is 5.91 Å². The molecule has 8 nitrogen and oxygen atoms in total. The van der Waals surface area contributed by atoms with E-state index in [9.17, 15) is 9.18 Å². The van der Waals surface area contributed by atoms with Gasteiger partial charge in [0.1, 0.15) is 11.6 Å². The van der Waals surface area contributed by atoms with Crippen molar-refractivity contribution in [1.82, 2.24) is 35.6 Å². The third-order valence-electron chi connectivity index (χ3n) is 4.71. The molecule has 1 aromatic carbocycles. The molecule has 3 N–H and O–H groups in total. The van der Waals surface area contributed by atoms with Crippen LogP contribution in [-0.2, 0) is 6.54 Å². The number of carbonyl (C=O) groups excluding carboxylic acids is 1. The molecule has 0 spiro atoms. The molecule has 1 aliphatic rings. The Balaban J connectivity index is 0.00000140. The Kier molecular flexibility index (Phi) is 7.34. The standard InChI is InChI=1S/C17H20FN7O.2ClH/c1-10-16(23-24-25(10)12-4-6-19-7-5-12)17(26)20-9-15-21-13-3-2-11(18)8-14(13)22-15;;/h2-3,8,12,19H,4-7,9H2,1H3,(H,20,26)(H,21,22);2*1H. The lowest BCUT2D eigenvalue weighted by Crippen LogP contribution is -2.30. The monoisotopic (exact) mass is 429 g/mol. The van der Waals surface area contributed by atoms with Gasteiger partial charge in [-0.15, -0.1) is 29.9 Å². The zero-order valence-corrected chi connectivity index (χ0v) is 16.9. The maximum absolute atomic E-state index is 13.2. The second kappa shape index (κ2) is 9.31. The number of rotatable bonds is 4. The average molecular weight is 430 g/mol. The summed E-state index contributed by atoms with van der Waals surface area (Å²) in [5.74, 6) is -0.0708. The van der Waals surface area contributed by atoms with Crippen LogP contribution in [0.5, 0.6) is 0 Å². The van der Waals surface area contributed by atoms with Gasteiger partial charge >= 0.3 is 0 Å². The largest absolute Gasteiger partial charge is 0.343 e. The molecule has 1 amide bonds. The van der Waals surface area contributed by atoms with Gasteiger partial charge in [-0.1, -0.05) is 5.21 Å². The lowest BCUT2D eigenvalue weighted by Gasteiger charge is -2.23. The van der Waals surface area contributed by atoms with Crippen LogP contribution in [0.3, 0.4) is 0 Å². The molecule has 1 fully saturated rings. The highest BCUT2D eigenvalue weighted by molar-refractivity contribution is 5.93. The van der Waals surface area contributed by atoms with Gasteiger partial charge in [-0.25, -0.2) is 14.1 Å². The van der Waals surface area contributed by atoms with Crippen molar-refractivity contribution in [2.45, 2.75) is 32.4 Å². The summed E-state index contributed by atoms with van der Waals surface area (Å²) >= 11 is 0. The second-order valence-corrected chi connectivity index (χ2v) is 6.48. The van der Waals surface area contributed by atoms with E-state index in [1.54, 1.807) is 6.07 Å². The quantitative estimate of drug-likeness (QED) is 0.590. The van der Waals surface area contributed by atoms with Crippen LogP contribution >= 0.6 is 24.8 Å². The first-order chi connectivity index (χ1) is 12.6. The molecule has 0 unspecified atom stereocenters. The van der Waals surface area contributed by atoms with Crippen LogP contribution in [0.2, 0.25) is 0 Å². The van der Waals surface area contributed by atoms with Crippen molar-refractivity contribution in [3.8, 4) is 0 Å². The number of halogens is 3. The second-order valence-electron chi connectivity index (χ2n) is 6.48. The van der Waals surface area contributed by atoms with Crippen molar-refractivity contribution < 1.29 is 9.18 Å². The maximum atomic E-state index is 13.2. The molecule has 0 atom stereocenters. The van der Waals surface area contributed by atoms with Crippen LogP contribution in [0.1, 0.15) is 40.9 Å². The molecule has 28 heavy (non-hydrogen) atoms. The van der Waals surface area contributed by atoms with Crippen molar-refractivity contribution in [3.05, 3.63) is 41.2 Å². The number of carbonyl (C=O) groups is 1. The van der Waals surface area contributed by atoms with E-state index in [0.717, 1.165) is 31.6 Å². The Morgan fingerprint density at radius 2 is 2.07 bits per heavy atom. The number of aromatic amines is 1. The summed E-state index contributed by atoms with van der Waals surface area (Å²) in [6, 6.07) is 4.60. The number of aromatic nitrogens is 5. The van der Waals surface area contributed by atoms with Crippen LogP contribution < -0.4 is 10.6 Å². The predicted octanol–water partition coefficient (Wildman–Crippen LogP) is 2.30. The predicted molar refractivity (Wildman–Crippen MR) is 108 cm³/mol. The minimum atomic E-state index is -0.332. The number of amides is 1. The number of nitrogens with zero attached hydrogens (tertiary/aromatic N) is 4. The highest BCUT2D eigenvalue weighted by Gasteiger charge is 2.22. The smallest absolute Gasteiger partial charge is 0.274 e. The highest BCUT2D eigenvalue weighted by atomic mass is 35.5. The number of fused-ring (bicyclic) bond motifs is 1. The number of imidazole rings is 1. The number of H-pyrrole nitrogens is 1. The SMILES string of the molecule is Cc1c(C(=O)NCc2nc3ccc(F)cc3[nH]2)nnn1C1CCNCC1.Cl.Cl. The summed E-state index contributed by atoms with van der Waals surface area (Å²) in [6.07, 6.45) is 1.95. The Morgan fingerprint density at radius 1 is 1.32 bits per heavy atom. The summed E-state index contributed by atoms with van der Waals surface area (Å²) < 4.78 is 15.1. The molecule has 1 aliphatic heterocycles. The summed E-state index contributed by atoms with van der Waals surface area (Å²) in [7, 11) is 0. The van der Waals surface area contributed by atoms with Gasteiger partial charge in [-0.3, -0.25) is 4.79 Å². The Labute approximate surface area is 173 Å². The first-order valence-electron chi connectivity index (χ1n) is 8.66. The minimum Gasteiger partial charge on any atom is -0.343 e. The molecule has 3 aromatic rings. The van der Waals surface area contributed by atoms with E-state index in [1.165, 1.54) is 12.1 Å². The highest BCUT2D eigenvalue weighted by Crippen LogP contribution is 2.20. The zero-order valence-electron chi connectivity index (χ0n) is 15.2. The van der Waals surface area contributed by atoms with Crippen molar-refractivity contribution in [1.29, 1.82) is 0 Å². The van der Waals surface area contributed by atoms with Gasteiger partial charge in [-0.05, 0) is 51.1 Å². The van der Waals surface area contributed by atoms with Gasteiger partial charge in [0.15, 0.2) is 5.69 Å². The molecule has 11 heteroatoms. The molecule has 0 aliphatic carbocycles. The summed E-state index contributed by atoms with van der Waals surface area (Å²) in [5, 5.41) is 14.3. The van der Waals surface area contributed by atoms with Gasteiger partial charge in [0, 0.05) is 0 Å². The van der Waals surface area contributed by atoms with Gasteiger partial charge < -0.3 is 15.6 Å². The fourth-order valence-electron chi connectivity index (χ4n) is 3.31. The molecule has 0 saturated carbocycles. The lowest BCUT2D eigenvalue weighted by molar-refractivity contribution is 0.0944. The third-order valence-corrected chi connectivity index (χ3v) is 4.71. The average Bonchev–Trinajstić information content (AvgIpc) is 3.23. The van der Waals surface area contributed by atoms with Gasteiger partial charge in [0.2, 0.25) is 0 Å². The van der Waals surface area contributed by atoms with Gasteiger partial charge in [-0.2, -0.15) is 0 Å². The first-order valence-corrected chi connectivity index (χ1v) is 8.66. The lowest BCUT2D eigenvalue weighted by atomic mass is 10.1. The van der Waals surface area contributed by atoms with Crippen molar-refractivity contribution >= 4 is 41.8 Å². The van der Waals surface area contributed by atoms with E-state index in [1.807, 2.05) is 11.6 Å². The Bertz CT molecular complexity index is 952. The number of hydrogen-bond acceptors (Lipinski definition) is 5. The van der Waals surface area contributed by atoms with E-state index >= 15 is 0 Å². The van der Waals surface area contributed by atoms with Crippen LogP contribution in [0.15, 0.2) is 18.2 Å². The van der Waals surface area contributed by atoms with Gasteiger partial charge in [0.05, 0.1) is 29.3 Å². The number of hydrogen-bond donors (Lipinski definition) is 3. The fourth-order valence-corrected chi connectivity index (χ4v) is 3.31. The molecule has 2 aromatic heterocycles. The summed E-state index contributed by atoms with van der Waals surface area (Å²) in [6.45, 7) is 3.95. The number of benzene rings is 1. The Morgan fingerprint density at radius 3 is 2.82 bits per heavy atom. The van der Waals surface area contributed by atoms with Crippen molar-refractivity contribution in [2.75, 3.05) is 13.1 Å². The minimum absolute atomic E-state index is 0. The zero-order chi connectivity index (χ0) is 18.1. The fraction of sp³-hybridized carbons (Fsp3) is 0.412. The molecule has 0 bridgehead atoms. The van der Waals surface area contributed by atoms with E-state index < -0.39 is 0 Å². The summed E-state index contributed by atoms with van der Waals surface area (Å²) in [4.78, 5) is 19.8. The van der Waals surface area contributed by atoms with Crippen LogP contribution in [0.25, 0.3) is 11.0 Å². The molecule has 3 heterocycles. The van der Waals surface area contributed by atoms with E-state index in [-0.39, 0.29) is 49.1 Å². The number of nitrogens with one attached hydrogen (secondary N) is 3. The molecule has 0 radical (unpaired) electrons. The topological polar surface area (TPSA) is 101 Å². The van der Waals surface area contributed by atoms with Crippen molar-refractivity contribution in [3.63, 3.8) is 0 Å². The molecule has 4 rings (SSSR count). The molecule has 1 saturated heterocycles. The van der Waals surface area contributed by atoms with Crippen LogP contribution in [-0.4, -0.2) is 44.0 Å². The van der Waals surface area contributed by atoms with Crippen molar-refractivity contribution in [2.24, 2.45) is 0 Å². The normalized spacial score (nSPS) is 14.4. The summed E-state index contributed by atoms with van der Waals surface area (Å²) in [5.41, 5.74) is 2.35. The molecular weight excluding hydrogens is 408 g/mol. The van der Waals surface area contributed by atoms with Crippen LogP contribution in [0.4, 0.5) is 4.39 Å². The molecule has 152 valence electrons. The maximum Gasteiger partial charge on any atom is 0.274 e. The van der Waals surface area contributed by atoms with E-state index in [4.69, 9.17) is 0 Å². The third kappa shape index (κ3) is 4.43. The van der Waals surface area contributed by atoms with E-state index in [2.05, 4.69) is 30.9 Å². The first kappa shape index (κ1) is 22.1. The van der Waals surface area contributed by atoms with E-state index in [0.29, 0.717) is 22.6 Å².